The van der Waals surface area contributed by atoms with Gasteiger partial charge >= 0.3 is 0 Å². The van der Waals surface area contributed by atoms with Gasteiger partial charge in [-0.05, 0) is 44.0 Å². The molecule has 1 amide bonds. The quantitative estimate of drug-likeness (QED) is 0.433. The molecule has 0 bridgehead atoms. The third kappa shape index (κ3) is 5.23. The molecule has 1 atom stereocenters. The maximum Gasteiger partial charge on any atom is 0.287 e. The summed E-state index contributed by atoms with van der Waals surface area (Å²) in [4.78, 5) is 29.4. The van der Waals surface area contributed by atoms with E-state index in [0.717, 1.165) is 10.1 Å². The lowest BCUT2D eigenvalue weighted by molar-refractivity contribution is -0.122. The van der Waals surface area contributed by atoms with Crippen LogP contribution in [-0.2, 0) is 11.4 Å². The highest BCUT2D eigenvalue weighted by Gasteiger charge is 2.19. The lowest BCUT2D eigenvalue weighted by Gasteiger charge is -2.18. The van der Waals surface area contributed by atoms with Gasteiger partial charge < -0.3 is 19.3 Å². The number of aromatic nitrogens is 2. The predicted molar refractivity (Wildman–Crippen MR) is 124 cm³/mol. The van der Waals surface area contributed by atoms with Crippen LogP contribution in [-0.4, -0.2) is 21.6 Å². The molecule has 8 heteroatoms. The molecule has 0 saturated carbocycles. The van der Waals surface area contributed by atoms with Crippen LogP contribution < -0.4 is 20.3 Å². The molecule has 2 aromatic heterocycles. The van der Waals surface area contributed by atoms with Crippen LogP contribution in [0.3, 0.4) is 0 Å². The SMILES string of the molecule is CC[C@H](Oc1ccccc1)C(=O)Nc1ccc(C)c(OCc2cc(=O)n3oc(C)cc3n2)c1. The number of fused-ring (bicyclic) bond motifs is 1. The minimum Gasteiger partial charge on any atom is -0.487 e. The molecule has 0 saturated heterocycles. The smallest absolute Gasteiger partial charge is 0.287 e. The first-order valence-electron chi connectivity index (χ1n) is 10.7. The van der Waals surface area contributed by atoms with Crippen molar-refractivity contribution in [3.63, 3.8) is 0 Å². The molecule has 4 aromatic rings. The fourth-order valence-electron chi connectivity index (χ4n) is 3.34. The van der Waals surface area contributed by atoms with E-state index in [2.05, 4.69) is 10.3 Å². The summed E-state index contributed by atoms with van der Waals surface area (Å²) < 4.78 is 18.2. The van der Waals surface area contributed by atoms with Crippen LogP contribution in [0.15, 0.2) is 70.0 Å². The van der Waals surface area contributed by atoms with Gasteiger partial charge in [0.1, 0.15) is 23.9 Å². The molecule has 0 spiro atoms. The molecule has 0 radical (unpaired) electrons. The van der Waals surface area contributed by atoms with Gasteiger partial charge in [0.2, 0.25) is 0 Å². The number of nitrogens with one attached hydrogen (secondary N) is 1. The van der Waals surface area contributed by atoms with Crippen LogP contribution in [0.2, 0.25) is 0 Å². The summed E-state index contributed by atoms with van der Waals surface area (Å²) >= 11 is 0. The molecule has 0 aliphatic rings. The maximum atomic E-state index is 12.8. The fourth-order valence-corrected chi connectivity index (χ4v) is 3.34. The molecular formula is C25H25N3O5. The van der Waals surface area contributed by atoms with Crippen LogP contribution in [0.5, 0.6) is 11.5 Å². The Morgan fingerprint density at radius 3 is 2.67 bits per heavy atom. The monoisotopic (exact) mass is 447 g/mol. The van der Waals surface area contributed by atoms with E-state index >= 15 is 0 Å². The summed E-state index contributed by atoms with van der Waals surface area (Å²) in [5.74, 6) is 1.57. The zero-order valence-electron chi connectivity index (χ0n) is 18.7. The Morgan fingerprint density at radius 2 is 1.91 bits per heavy atom. The molecule has 8 nitrogen and oxygen atoms in total. The summed E-state index contributed by atoms with van der Waals surface area (Å²) in [6.07, 6.45) is -0.104. The molecule has 1 N–H and O–H groups in total. The standard InChI is InChI=1S/C25H25N3O5/c1-4-21(32-20-8-6-5-7-9-20)25(30)27-18-11-10-16(2)22(13-18)31-15-19-14-24(29)28-23(26-19)12-17(3)33-28/h5-14,21H,4,15H2,1-3H3,(H,27,30)/t21-/m0/s1. The molecule has 0 aliphatic carbocycles. The van der Waals surface area contributed by atoms with Gasteiger partial charge in [0, 0.05) is 23.9 Å². The number of nitrogens with zero attached hydrogens (tertiary/aromatic N) is 2. The molecule has 2 heterocycles. The van der Waals surface area contributed by atoms with E-state index in [1.165, 1.54) is 6.07 Å². The van der Waals surface area contributed by atoms with E-state index in [1.807, 2.05) is 50.2 Å². The van der Waals surface area contributed by atoms with Gasteiger partial charge in [-0.25, -0.2) is 4.98 Å². The molecule has 33 heavy (non-hydrogen) atoms. The minimum absolute atomic E-state index is 0.100. The molecule has 0 unspecified atom stereocenters. The van der Waals surface area contributed by atoms with E-state index < -0.39 is 6.10 Å². The maximum absolute atomic E-state index is 12.8. The number of anilines is 1. The Bertz CT molecular complexity index is 1330. The van der Waals surface area contributed by atoms with Crippen LogP contribution in [0, 0.1) is 13.8 Å². The number of rotatable bonds is 8. The summed E-state index contributed by atoms with van der Waals surface area (Å²) in [6, 6.07) is 17.7. The number of aryl methyl sites for hydroxylation is 2. The van der Waals surface area contributed by atoms with Gasteiger partial charge in [0.05, 0.1) is 5.69 Å². The van der Waals surface area contributed by atoms with Crippen molar-refractivity contribution in [1.82, 2.24) is 9.56 Å². The second-order valence-electron chi connectivity index (χ2n) is 7.67. The largest absolute Gasteiger partial charge is 0.487 e. The number of ether oxygens (including phenoxy) is 2. The van der Waals surface area contributed by atoms with Gasteiger partial charge in [-0.3, -0.25) is 9.59 Å². The van der Waals surface area contributed by atoms with Crippen molar-refractivity contribution in [3.8, 4) is 11.5 Å². The third-order valence-corrected chi connectivity index (χ3v) is 5.04. The zero-order chi connectivity index (χ0) is 23.4. The van der Waals surface area contributed by atoms with Crippen LogP contribution in [0.1, 0.15) is 30.4 Å². The van der Waals surface area contributed by atoms with E-state index in [0.29, 0.717) is 40.7 Å². The van der Waals surface area contributed by atoms with Gasteiger partial charge in [-0.1, -0.05) is 31.2 Å². The Hall–Kier alpha value is -4.07. The van der Waals surface area contributed by atoms with Gasteiger partial charge in [-0.15, -0.1) is 4.57 Å². The van der Waals surface area contributed by atoms with Crippen molar-refractivity contribution in [3.05, 3.63) is 88.0 Å². The van der Waals surface area contributed by atoms with E-state index in [-0.39, 0.29) is 18.1 Å². The topological polar surface area (TPSA) is 95.1 Å². The van der Waals surface area contributed by atoms with Gasteiger partial charge in [-0.2, -0.15) is 0 Å². The highest BCUT2D eigenvalue weighted by molar-refractivity contribution is 5.94. The number of carbonyl (C=O) groups is 1. The summed E-state index contributed by atoms with van der Waals surface area (Å²) in [6.45, 7) is 5.65. The predicted octanol–water partition coefficient (Wildman–Crippen LogP) is 4.28. The summed E-state index contributed by atoms with van der Waals surface area (Å²) in [7, 11) is 0. The first-order valence-corrected chi connectivity index (χ1v) is 10.7. The second kappa shape index (κ2) is 9.60. The van der Waals surface area contributed by atoms with E-state index in [1.54, 1.807) is 25.1 Å². The molecule has 4 rings (SSSR count). The average Bonchev–Trinajstić information content (AvgIpc) is 3.19. The number of para-hydroxylation sites is 1. The number of carbonyl (C=O) groups excluding carboxylic acids is 1. The van der Waals surface area contributed by atoms with Crippen molar-refractivity contribution in [2.75, 3.05) is 5.32 Å². The number of amides is 1. The lowest BCUT2D eigenvalue weighted by Crippen LogP contribution is -2.32. The molecule has 2 aromatic carbocycles. The zero-order valence-corrected chi connectivity index (χ0v) is 18.7. The van der Waals surface area contributed by atoms with Crippen LogP contribution in [0.25, 0.3) is 5.65 Å². The molecular weight excluding hydrogens is 422 g/mol. The average molecular weight is 447 g/mol. The van der Waals surface area contributed by atoms with Crippen molar-refractivity contribution >= 4 is 17.2 Å². The van der Waals surface area contributed by atoms with Gasteiger partial charge in [0.25, 0.3) is 11.5 Å². The molecule has 0 aliphatic heterocycles. The highest BCUT2D eigenvalue weighted by atomic mass is 16.5. The Labute approximate surface area is 190 Å². The normalized spacial score (nSPS) is 11.8. The van der Waals surface area contributed by atoms with Crippen molar-refractivity contribution < 1.29 is 18.8 Å². The third-order valence-electron chi connectivity index (χ3n) is 5.04. The Balaban J connectivity index is 1.45. The molecule has 0 fully saturated rings. The highest BCUT2D eigenvalue weighted by Crippen LogP contribution is 2.24. The second-order valence-corrected chi connectivity index (χ2v) is 7.67. The van der Waals surface area contributed by atoms with Crippen LogP contribution >= 0.6 is 0 Å². The lowest BCUT2D eigenvalue weighted by atomic mass is 10.2. The van der Waals surface area contributed by atoms with Crippen molar-refractivity contribution in [1.29, 1.82) is 0 Å². The van der Waals surface area contributed by atoms with E-state index in [9.17, 15) is 9.59 Å². The summed E-state index contributed by atoms with van der Waals surface area (Å²) in [5, 5.41) is 2.89. The number of benzene rings is 2. The Morgan fingerprint density at radius 1 is 1.12 bits per heavy atom. The summed E-state index contributed by atoms with van der Waals surface area (Å²) in [5.41, 5.74) is 2.08. The number of hydrogen-bond acceptors (Lipinski definition) is 6. The van der Waals surface area contributed by atoms with Crippen LogP contribution in [0.4, 0.5) is 5.69 Å². The first-order chi connectivity index (χ1) is 15.9. The molecule has 170 valence electrons. The fraction of sp³-hybridized carbons (Fsp3) is 0.240. The van der Waals surface area contributed by atoms with E-state index in [4.69, 9.17) is 14.0 Å². The number of hydrogen-bond donors (Lipinski definition) is 1. The minimum atomic E-state index is -0.625. The van der Waals surface area contributed by atoms with Gasteiger partial charge in [0.15, 0.2) is 11.8 Å². The van der Waals surface area contributed by atoms with Crippen molar-refractivity contribution in [2.45, 2.75) is 39.9 Å². The Kier molecular flexibility index (Phi) is 6.44. The first kappa shape index (κ1) is 22.1. The van der Waals surface area contributed by atoms with Crippen molar-refractivity contribution in [2.24, 2.45) is 0 Å².